The second kappa shape index (κ2) is 13.0. The van der Waals surface area contributed by atoms with Gasteiger partial charge in [-0.3, -0.25) is 9.36 Å². The summed E-state index contributed by atoms with van der Waals surface area (Å²) in [5, 5.41) is 0. The molecule has 1 aromatic heterocycles. The Kier molecular flexibility index (Phi) is 8.52. The molecular weight excluding hydrogens is 572 g/mol. The quantitative estimate of drug-likeness (QED) is 0.208. The molecule has 5 aromatic rings. The first-order chi connectivity index (χ1) is 21.6. The number of methoxy groups -OCH3 is 1. The van der Waals surface area contributed by atoms with Crippen LogP contribution in [0.25, 0.3) is 11.8 Å². The van der Waals surface area contributed by atoms with Crippen molar-refractivity contribution in [3.63, 3.8) is 0 Å². The number of hydrogen-bond acceptors (Lipinski definition) is 7. The maximum atomic E-state index is 14.3. The topological polar surface area (TPSA) is 79.1 Å². The molecule has 0 amide bonds. The van der Waals surface area contributed by atoms with Crippen molar-refractivity contribution in [3.8, 4) is 11.5 Å². The molecule has 1 aliphatic heterocycles. The van der Waals surface area contributed by atoms with Gasteiger partial charge in [0.05, 0.1) is 35.6 Å². The van der Waals surface area contributed by atoms with E-state index >= 15 is 0 Å². The summed E-state index contributed by atoms with van der Waals surface area (Å²) in [6, 6.07) is 33.6. The molecule has 2 heterocycles. The van der Waals surface area contributed by atoms with E-state index in [-0.39, 0.29) is 17.7 Å². The number of carbonyl (C=O) groups is 1. The van der Waals surface area contributed by atoms with Gasteiger partial charge in [-0.15, -0.1) is 0 Å². The minimum Gasteiger partial charge on any atom is -0.497 e. The standard InChI is InChI=1S/C36H30N2O5S/c1-3-42-35(40)31-32(25-15-8-5-9-16-25)37-36-38(33(31)27-18-12-19-28(21-27)41-2)34(39)30(44-36)22-26-17-10-11-20-29(26)43-23-24-13-6-4-7-14-24/h4-22,33H,3,23H2,1-2H3/b30-22+/t33-/m1/s1. The third kappa shape index (κ3) is 5.85. The van der Waals surface area contributed by atoms with E-state index in [1.54, 1.807) is 18.6 Å². The van der Waals surface area contributed by atoms with E-state index in [1.165, 1.54) is 11.3 Å². The van der Waals surface area contributed by atoms with Crippen molar-refractivity contribution in [1.82, 2.24) is 4.57 Å². The first-order valence-corrected chi connectivity index (χ1v) is 15.1. The number of fused-ring (bicyclic) bond motifs is 1. The molecule has 0 radical (unpaired) electrons. The van der Waals surface area contributed by atoms with Crippen LogP contribution in [0.1, 0.15) is 35.2 Å². The zero-order chi connectivity index (χ0) is 30.5. The van der Waals surface area contributed by atoms with Gasteiger partial charge in [-0.25, -0.2) is 9.79 Å². The minimum absolute atomic E-state index is 0.180. The molecule has 220 valence electrons. The number of esters is 1. The molecule has 0 bridgehead atoms. The van der Waals surface area contributed by atoms with Crippen molar-refractivity contribution in [2.45, 2.75) is 19.6 Å². The Labute approximate surface area is 258 Å². The predicted octanol–water partition coefficient (Wildman–Crippen LogP) is 5.52. The summed E-state index contributed by atoms with van der Waals surface area (Å²) in [4.78, 5) is 33.3. The van der Waals surface area contributed by atoms with Gasteiger partial charge in [0.15, 0.2) is 4.80 Å². The molecule has 7 nitrogen and oxygen atoms in total. The fourth-order valence-electron chi connectivity index (χ4n) is 5.18. The first kappa shape index (κ1) is 28.9. The van der Waals surface area contributed by atoms with Crippen LogP contribution in [0.5, 0.6) is 11.5 Å². The van der Waals surface area contributed by atoms with Gasteiger partial charge in [0, 0.05) is 11.1 Å². The van der Waals surface area contributed by atoms with Crippen LogP contribution in [-0.2, 0) is 16.1 Å². The van der Waals surface area contributed by atoms with Crippen molar-refractivity contribution >= 4 is 29.1 Å². The Morgan fingerprint density at radius 1 is 0.932 bits per heavy atom. The number of rotatable bonds is 9. The molecule has 1 atom stereocenters. The maximum absolute atomic E-state index is 14.3. The van der Waals surface area contributed by atoms with Crippen molar-refractivity contribution in [2.24, 2.45) is 4.99 Å². The molecule has 6 rings (SSSR count). The van der Waals surface area contributed by atoms with Crippen LogP contribution in [0.2, 0.25) is 0 Å². The maximum Gasteiger partial charge on any atom is 0.338 e. The number of thiazole rings is 1. The smallest absolute Gasteiger partial charge is 0.338 e. The fourth-order valence-corrected chi connectivity index (χ4v) is 6.17. The number of benzene rings is 4. The van der Waals surface area contributed by atoms with Crippen molar-refractivity contribution in [3.05, 3.63) is 157 Å². The summed E-state index contributed by atoms with van der Waals surface area (Å²) in [6.45, 7) is 2.33. The SMILES string of the molecule is CCOC(=O)C1=C(c2ccccc2)N=c2s/c(=C/c3ccccc3OCc3ccccc3)c(=O)n2[C@@H]1c1cccc(OC)c1. The molecule has 0 spiro atoms. The highest BCUT2D eigenvalue weighted by molar-refractivity contribution is 7.07. The Morgan fingerprint density at radius 3 is 2.41 bits per heavy atom. The lowest BCUT2D eigenvalue weighted by Crippen LogP contribution is -2.40. The molecule has 44 heavy (non-hydrogen) atoms. The van der Waals surface area contributed by atoms with Crippen LogP contribution in [0.4, 0.5) is 0 Å². The molecular formula is C36H30N2O5S. The molecule has 0 aliphatic carbocycles. The average molecular weight is 603 g/mol. The number of carbonyl (C=O) groups excluding carboxylic acids is 1. The van der Waals surface area contributed by atoms with E-state index in [9.17, 15) is 9.59 Å². The first-order valence-electron chi connectivity index (χ1n) is 14.3. The highest BCUT2D eigenvalue weighted by atomic mass is 32.1. The summed E-state index contributed by atoms with van der Waals surface area (Å²) in [5.74, 6) is 0.733. The second-order valence-corrected chi connectivity index (χ2v) is 11.0. The van der Waals surface area contributed by atoms with E-state index in [1.807, 2.05) is 115 Å². The van der Waals surface area contributed by atoms with Gasteiger partial charge in [0.1, 0.15) is 18.1 Å². The van der Waals surface area contributed by atoms with Gasteiger partial charge in [0.2, 0.25) is 0 Å². The van der Waals surface area contributed by atoms with E-state index < -0.39 is 12.0 Å². The monoisotopic (exact) mass is 602 g/mol. The molecule has 8 heteroatoms. The van der Waals surface area contributed by atoms with E-state index in [2.05, 4.69) is 0 Å². The van der Waals surface area contributed by atoms with Crippen LogP contribution >= 0.6 is 11.3 Å². The van der Waals surface area contributed by atoms with Crippen LogP contribution in [0, 0.1) is 0 Å². The third-order valence-electron chi connectivity index (χ3n) is 7.23. The second-order valence-electron chi connectivity index (χ2n) is 10.0. The number of ether oxygens (including phenoxy) is 3. The Morgan fingerprint density at radius 2 is 1.66 bits per heavy atom. The molecule has 1 aliphatic rings. The molecule has 0 saturated carbocycles. The van der Waals surface area contributed by atoms with E-state index in [0.29, 0.717) is 38.7 Å². The van der Waals surface area contributed by atoms with Crippen molar-refractivity contribution in [2.75, 3.05) is 13.7 Å². The molecule has 0 unspecified atom stereocenters. The number of nitrogens with zero attached hydrogens (tertiary/aromatic N) is 2. The minimum atomic E-state index is -0.790. The Balaban J connectivity index is 1.54. The highest BCUT2D eigenvalue weighted by Gasteiger charge is 2.35. The summed E-state index contributed by atoms with van der Waals surface area (Å²) in [5.41, 5.74) is 3.75. The van der Waals surface area contributed by atoms with Gasteiger partial charge in [-0.1, -0.05) is 102 Å². The zero-order valence-electron chi connectivity index (χ0n) is 24.3. The van der Waals surface area contributed by atoms with Crippen molar-refractivity contribution in [1.29, 1.82) is 0 Å². The highest BCUT2D eigenvalue weighted by Crippen LogP contribution is 2.36. The lowest BCUT2D eigenvalue weighted by Gasteiger charge is -2.26. The number of aromatic nitrogens is 1. The fraction of sp³-hybridized carbons (Fsp3) is 0.139. The van der Waals surface area contributed by atoms with Crippen LogP contribution in [-0.4, -0.2) is 24.3 Å². The predicted molar refractivity (Wildman–Crippen MR) is 171 cm³/mol. The Bertz CT molecular complexity index is 2010. The van der Waals surface area contributed by atoms with Crippen molar-refractivity contribution < 1.29 is 19.0 Å². The number of para-hydroxylation sites is 1. The van der Waals surface area contributed by atoms with Gasteiger partial charge in [-0.2, -0.15) is 0 Å². The molecule has 0 saturated heterocycles. The third-order valence-corrected chi connectivity index (χ3v) is 8.21. The van der Waals surface area contributed by atoms with Gasteiger partial charge >= 0.3 is 5.97 Å². The molecule has 4 aromatic carbocycles. The van der Waals surface area contributed by atoms with E-state index in [0.717, 1.165) is 16.7 Å². The lowest BCUT2D eigenvalue weighted by molar-refractivity contribution is -0.138. The van der Waals surface area contributed by atoms with Gasteiger partial charge in [0.25, 0.3) is 5.56 Å². The largest absolute Gasteiger partial charge is 0.497 e. The zero-order valence-corrected chi connectivity index (χ0v) is 25.1. The van der Waals surface area contributed by atoms with Crippen LogP contribution in [0.15, 0.2) is 125 Å². The number of hydrogen-bond donors (Lipinski definition) is 0. The Hall–Kier alpha value is -5.21. The molecule has 0 N–H and O–H groups in total. The lowest BCUT2D eigenvalue weighted by atomic mass is 9.93. The summed E-state index contributed by atoms with van der Waals surface area (Å²) >= 11 is 1.27. The summed E-state index contributed by atoms with van der Waals surface area (Å²) in [7, 11) is 1.58. The average Bonchev–Trinajstić information content (AvgIpc) is 3.38. The summed E-state index contributed by atoms with van der Waals surface area (Å²) < 4.78 is 19.3. The normalized spacial score (nSPS) is 14.5. The van der Waals surface area contributed by atoms with Crippen LogP contribution < -0.4 is 24.4 Å². The van der Waals surface area contributed by atoms with Gasteiger partial charge < -0.3 is 14.2 Å². The molecule has 0 fully saturated rings. The van der Waals surface area contributed by atoms with Crippen LogP contribution in [0.3, 0.4) is 0 Å². The van der Waals surface area contributed by atoms with E-state index in [4.69, 9.17) is 19.2 Å². The summed E-state index contributed by atoms with van der Waals surface area (Å²) in [6.07, 6.45) is 1.82. The van der Waals surface area contributed by atoms with Gasteiger partial charge in [-0.05, 0) is 42.3 Å².